The third-order valence-corrected chi connectivity index (χ3v) is 3.71. The van der Waals surface area contributed by atoms with Gasteiger partial charge in [0.05, 0.1) is 17.1 Å². The zero-order valence-electron chi connectivity index (χ0n) is 12.1. The van der Waals surface area contributed by atoms with Crippen molar-refractivity contribution in [2.75, 3.05) is 12.3 Å². The van der Waals surface area contributed by atoms with Crippen molar-refractivity contribution in [1.82, 2.24) is 14.9 Å². The Hall–Kier alpha value is -2.04. The van der Waals surface area contributed by atoms with Crippen molar-refractivity contribution in [3.8, 4) is 0 Å². The molecule has 5 nitrogen and oxygen atoms in total. The predicted octanol–water partition coefficient (Wildman–Crippen LogP) is 1.98. The molecule has 0 spiro atoms. The second-order valence-corrected chi connectivity index (χ2v) is 6.47. The van der Waals surface area contributed by atoms with Crippen LogP contribution in [0.3, 0.4) is 0 Å². The van der Waals surface area contributed by atoms with Gasteiger partial charge >= 0.3 is 0 Å². The average Bonchev–Trinajstić information content (AvgIpc) is 2.91. The van der Waals surface area contributed by atoms with Gasteiger partial charge in [0.25, 0.3) is 0 Å². The van der Waals surface area contributed by atoms with Gasteiger partial charge in [-0.3, -0.25) is 4.79 Å². The molecular weight excluding hydrogens is 252 g/mol. The van der Waals surface area contributed by atoms with Crippen molar-refractivity contribution in [3.63, 3.8) is 0 Å². The van der Waals surface area contributed by atoms with E-state index in [2.05, 4.69) is 30.7 Å². The SMILES string of the molecule is CC(C)(C)c1nc2cc(N)ccc2n1C1CNC(=O)C1. The second kappa shape index (κ2) is 4.23. The summed E-state index contributed by atoms with van der Waals surface area (Å²) in [5.74, 6) is 1.10. The molecule has 1 saturated heterocycles. The van der Waals surface area contributed by atoms with Gasteiger partial charge in [-0.2, -0.15) is 0 Å². The fraction of sp³-hybridized carbons (Fsp3) is 0.467. The largest absolute Gasteiger partial charge is 0.399 e. The van der Waals surface area contributed by atoms with Crippen molar-refractivity contribution in [1.29, 1.82) is 0 Å². The van der Waals surface area contributed by atoms with Gasteiger partial charge in [-0.1, -0.05) is 20.8 Å². The molecule has 0 bridgehead atoms. The van der Waals surface area contributed by atoms with E-state index in [9.17, 15) is 4.79 Å². The maximum absolute atomic E-state index is 11.5. The smallest absolute Gasteiger partial charge is 0.222 e. The van der Waals surface area contributed by atoms with E-state index in [1.165, 1.54) is 0 Å². The van der Waals surface area contributed by atoms with Crippen LogP contribution in [0.15, 0.2) is 18.2 Å². The predicted molar refractivity (Wildman–Crippen MR) is 79.5 cm³/mol. The van der Waals surface area contributed by atoms with Crippen LogP contribution in [0.25, 0.3) is 11.0 Å². The number of nitrogens with two attached hydrogens (primary N) is 1. The minimum atomic E-state index is -0.0839. The van der Waals surface area contributed by atoms with E-state index in [1.807, 2.05) is 18.2 Å². The fourth-order valence-corrected chi connectivity index (χ4v) is 2.79. The lowest BCUT2D eigenvalue weighted by Crippen LogP contribution is -2.23. The molecule has 1 aromatic heterocycles. The van der Waals surface area contributed by atoms with Crippen LogP contribution in [-0.4, -0.2) is 22.0 Å². The number of nitrogens with zero attached hydrogens (tertiary/aromatic N) is 2. The molecular formula is C15H20N4O. The van der Waals surface area contributed by atoms with E-state index < -0.39 is 0 Å². The number of carbonyl (C=O) groups excluding carboxylic acids is 1. The number of hydrogen-bond donors (Lipinski definition) is 2. The molecule has 1 fully saturated rings. The monoisotopic (exact) mass is 272 g/mol. The lowest BCUT2D eigenvalue weighted by Gasteiger charge is -2.23. The molecule has 1 aliphatic rings. The quantitative estimate of drug-likeness (QED) is 0.780. The van der Waals surface area contributed by atoms with Crippen LogP contribution in [-0.2, 0) is 10.2 Å². The first-order valence-corrected chi connectivity index (χ1v) is 6.91. The van der Waals surface area contributed by atoms with E-state index in [-0.39, 0.29) is 17.4 Å². The molecule has 1 aliphatic heterocycles. The summed E-state index contributed by atoms with van der Waals surface area (Å²) >= 11 is 0. The lowest BCUT2D eigenvalue weighted by molar-refractivity contribution is -0.119. The highest BCUT2D eigenvalue weighted by atomic mass is 16.1. The Morgan fingerprint density at radius 3 is 2.75 bits per heavy atom. The van der Waals surface area contributed by atoms with Crippen molar-refractivity contribution in [3.05, 3.63) is 24.0 Å². The molecule has 106 valence electrons. The Morgan fingerprint density at radius 1 is 1.40 bits per heavy atom. The first-order valence-electron chi connectivity index (χ1n) is 6.91. The molecule has 1 atom stereocenters. The number of carbonyl (C=O) groups is 1. The number of hydrogen-bond acceptors (Lipinski definition) is 3. The van der Waals surface area contributed by atoms with Gasteiger partial charge in [0, 0.05) is 24.1 Å². The number of nitrogens with one attached hydrogen (secondary N) is 1. The van der Waals surface area contributed by atoms with Crippen LogP contribution < -0.4 is 11.1 Å². The van der Waals surface area contributed by atoms with E-state index in [4.69, 9.17) is 10.7 Å². The summed E-state index contributed by atoms with van der Waals surface area (Å²) in [5.41, 5.74) is 8.42. The Bertz CT molecular complexity index is 681. The first-order chi connectivity index (χ1) is 9.36. The minimum absolute atomic E-state index is 0.0839. The molecule has 20 heavy (non-hydrogen) atoms. The van der Waals surface area contributed by atoms with Crippen LogP contribution in [0.2, 0.25) is 0 Å². The van der Waals surface area contributed by atoms with Crippen molar-refractivity contribution < 1.29 is 4.79 Å². The van der Waals surface area contributed by atoms with E-state index in [0.29, 0.717) is 18.7 Å². The van der Waals surface area contributed by atoms with Crippen LogP contribution in [0.4, 0.5) is 5.69 Å². The zero-order valence-corrected chi connectivity index (χ0v) is 12.1. The minimum Gasteiger partial charge on any atom is -0.399 e. The molecule has 2 aromatic rings. The maximum Gasteiger partial charge on any atom is 0.222 e. The number of benzene rings is 1. The zero-order chi connectivity index (χ0) is 14.5. The number of nitrogen functional groups attached to an aromatic ring is 1. The molecule has 3 rings (SSSR count). The van der Waals surface area contributed by atoms with Crippen LogP contribution in [0.1, 0.15) is 39.1 Å². The maximum atomic E-state index is 11.5. The van der Waals surface area contributed by atoms with Gasteiger partial charge in [-0.15, -0.1) is 0 Å². The molecule has 3 N–H and O–H groups in total. The summed E-state index contributed by atoms with van der Waals surface area (Å²) in [6.45, 7) is 7.08. The fourth-order valence-electron chi connectivity index (χ4n) is 2.79. The summed E-state index contributed by atoms with van der Waals surface area (Å²) < 4.78 is 2.20. The third kappa shape index (κ3) is 2.03. The van der Waals surface area contributed by atoms with Crippen LogP contribution in [0.5, 0.6) is 0 Å². The Labute approximate surface area is 118 Å². The van der Waals surface area contributed by atoms with Gasteiger partial charge in [-0.25, -0.2) is 4.98 Å². The molecule has 1 aromatic carbocycles. The highest BCUT2D eigenvalue weighted by Gasteiger charge is 2.31. The van der Waals surface area contributed by atoms with E-state index >= 15 is 0 Å². The molecule has 0 saturated carbocycles. The summed E-state index contributed by atoms with van der Waals surface area (Å²) in [4.78, 5) is 16.3. The Kier molecular flexibility index (Phi) is 2.74. The van der Waals surface area contributed by atoms with Gasteiger partial charge in [0.2, 0.25) is 5.91 Å². The van der Waals surface area contributed by atoms with Gasteiger partial charge in [-0.05, 0) is 18.2 Å². The van der Waals surface area contributed by atoms with Gasteiger partial charge < -0.3 is 15.6 Å². The molecule has 1 amide bonds. The normalized spacial score (nSPS) is 19.6. The second-order valence-electron chi connectivity index (χ2n) is 6.47. The average molecular weight is 272 g/mol. The Morgan fingerprint density at radius 2 is 2.15 bits per heavy atom. The summed E-state index contributed by atoms with van der Waals surface area (Å²) in [6.07, 6.45) is 0.513. The molecule has 0 radical (unpaired) electrons. The number of fused-ring (bicyclic) bond motifs is 1. The summed E-state index contributed by atoms with van der Waals surface area (Å²) in [6, 6.07) is 5.91. The first kappa shape index (κ1) is 13.0. The van der Waals surface area contributed by atoms with Crippen LogP contribution in [0, 0.1) is 0 Å². The summed E-state index contributed by atoms with van der Waals surface area (Å²) in [5, 5.41) is 2.90. The van der Waals surface area contributed by atoms with Crippen molar-refractivity contribution >= 4 is 22.6 Å². The highest BCUT2D eigenvalue weighted by Crippen LogP contribution is 2.32. The molecule has 1 unspecified atom stereocenters. The number of aromatic nitrogens is 2. The number of amides is 1. The number of anilines is 1. The van der Waals surface area contributed by atoms with Gasteiger partial charge in [0.15, 0.2) is 0 Å². The lowest BCUT2D eigenvalue weighted by atomic mass is 9.95. The molecule has 0 aliphatic carbocycles. The highest BCUT2D eigenvalue weighted by molar-refractivity contribution is 5.82. The standard InChI is InChI=1S/C15H20N4O/c1-15(2,3)14-18-11-6-9(16)4-5-12(11)19(14)10-7-13(20)17-8-10/h4-6,10H,7-8,16H2,1-3H3,(H,17,20). The molecule has 2 heterocycles. The van der Waals surface area contributed by atoms with Crippen LogP contribution >= 0.6 is 0 Å². The summed E-state index contributed by atoms with van der Waals surface area (Å²) in [7, 11) is 0. The Balaban J connectivity index is 2.23. The van der Waals surface area contributed by atoms with Gasteiger partial charge in [0.1, 0.15) is 5.82 Å². The molecule has 5 heteroatoms. The third-order valence-electron chi connectivity index (χ3n) is 3.71. The van der Waals surface area contributed by atoms with E-state index in [1.54, 1.807) is 0 Å². The van der Waals surface area contributed by atoms with E-state index in [0.717, 1.165) is 16.9 Å². The number of imidazole rings is 1. The topological polar surface area (TPSA) is 72.9 Å². The van der Waals surface area contributed by atoms with Crippen molar-refractivity contribution in [2.45, 2.75) is 38.6 Å². The van der Waals surface area contributed by atoms with Crippen molar-refractivity contribution in [2.24, 2.45) is 0 Å². The number of rotatable bonds is 1.